The second-order valence-electron chi connectivity index (χ2n) is 7.08. The molecule has 1 fully saturated rings. The summed E-state index contributed by atoms with van der Waals surface area (Å²) in [4.78, 5) is 2.45. The molecule has 2 heterocycles. The molecule has 1 aromatic carbocycles. The highest BCUT2D eigenvalue weighted by molar-refractivity contribution is 7.07. The van der Waals surface area contributed by atoms with Crippen LogP contribution in [0.3, 0.4) is 0 Å². The molecule has 2 atom stereocenters. The van der Waals surface area contributed by atoms with Gasteiger partial charge in [-0.15, -0.1) is 0 Å². The Morgan fingerprint density at radius 3 is 2.79 bits per heavy atom. The van der Waals surface area contributed by atoms with Crippen molar-refractivity contribution in [1.29, 1.82) is 5.26 Å². The molecular formula is C20H24N2OS. The second-order valence-corrected chi connectivity index (χ2v) is 7.86. The number of nitriles is 1. The smallest absolute Gasteiger partial charge is 0.0964 e. The average molecular weight is 340 g/mol. The van der Waals surface area contributed by atoms with Crippen LogP contribution in [0, 0.1) is 11.3 Å². The van der Waals surface area contributed by atoms with Crippen LogP contribution >= 0.6 is 11.3 Å². The molecule has 1 aliphatic rings. The minimum Gasteiger partial charge on any atom is -0.368 e. The Kier molecular flexibility index (Phi) is 5.05. The van der Waals surface area contributed by atoms with E-state index in [0.717, 1.165) is 25.2 Å². The fraction of sp³-hybridized carbons (Fsp3) is 0.450. The van der Waals surface area contributed by atoms with Gasteiger partial charge in [-0.25, -0.2) is 0 Å². The number of rotatable bonds is 4. The first kappa shape index (κ1) is 17.2. The van der Waals surface area contributed by atoms with E-state index < -0.39 is 5.41 Å². The summed E-state index contributed by atoms with van der Waals surface area (Å²) in [6.07, 6.45) is 0.343. The third-order valence-corrected chi connectivity index (χ3v) is 5.32. The molecule has 1 saturated heterocycles. The minimum absolute atomic E-state index is 0.135. The van der Waals surface area contributed by atoms with Crippen LogP contribution in [-0.2, 0) is 16.7 Å². The fourth-order valence-electron chi connectivity index (χ4n) is 3.38. The molecule has 2 aromatic rings. The van der Waals surface area contributed by atoms with Gasteiger partial charge in [0.2, 0.25) is 0 Å². The highest BCUT2D eigenvalue weighted by Crippen LogP contribution is 2.30. The summed E-state index contributed by atoms with van der Waals surface area (Å²) < 4.78 is 6.13. The van der Waals surface area contributed by atoms with Crippen LogP contribution in [0.1, 0.15) is 43.6 Å². The maximum Gasteiger partial charge on any atom is 0.0964 e. The lowest BCUT2D eigenvalue weighted by molar-refractivity contribution is -0.0813. The van der Waals surface area contributed by atoms with Crippen LogP contribution < -0.4 is 0 Å². The van der Waals surface area contributed by atoms with E-state index in [2.05, 4.69) is 52.9 Å². The van der Waals surface area contributed by atoms with Gasteiger partial charge in [-0.1, -0.05) is 24.3 Å². The number of benzene rings is 1. The van der Waals surface area contributed by atoms with E-state index in [1.54, 1.807) is 11.3 Å². The lowest BCUT2D eigenvalue weighted by Crippen LogP contribution is -2.42. The lowest BCUT2D eigenvalue weighted by Gasteiger charge is -2.37. The van der Waals surface area contributed by atoms with Gasteiger partial charge in [0.1, 0.15) is 0 Å². The van der Waals surface area contributed by atoms with E-state index in [4.69, 9.17) is 4.74 Å². The zero-order chi connectivity index (χ0) is 17.2. The summed E-state index contributed by atoms with van der Waals surface area (Å²) in [5.41, 5.74) is 3.16. The van der Waals surface area contributed by atoms with Gasteiger partial charge in [0.15, 0.2) is 0 Å². The Balaban J connectivity index is 1.80. The van der Waals surface area contributed by atoms with E-state index >= 15 is 0 Å². The van der Waals surface area contributed by atoms with Crippen molar-refractivity contribution < 1.29 is 4.74 Å². The summed E-state index contributed by atoms with van der Waals surface area (Å²) in [6.45, 7) is 8.78. The van der Waals surface area contributed by atoms with Gasteiger partial charge in [0, 0.05) is 19.6 Å². The number of nitrogens with zero attached hydrogens (tertiary/aromatic N) is 2. The van der Waals surface area contributed by atoms with Crippen molar-refractivity contribution in [2.24, 2.45) is 0 Å². The molecule has 0 spiro atoms. The van der Waals surface area contributed by atoms with Crippen LogP contribution in [-0.4, -0.2) is 24.1 Å². The van der Waals surface area contributed by atoms with Crippen molar-refractivity contribution in [2.75, 3.05) is 13.1 Å². The van der Waals surface area contributed by atoms with E-state index in [0.29, 0.717) is 0 Å². The van der Waals surface area contributed by atoms with Gasteiger partial charge in [-0.05, 0) is 54.3 Å². The normalized spacial score (nSPS) is 22.2. The Labute approximate surface area is 148 Å². The van der Waals surface area contributed by atoms with Crippen LogP contribution in [0.4, 0.5) is 0 Å². The molecular weight excluding hydrogens is 316 g/mol. The Bertz CT molecular complexity index is 717. The molecule has 0 bridgehead atoms. The molecule has 0 saturated carbocycles. The van der Waals surface area contributed by atoms with E-state index in [1.807, 2.05) is 19.9 Å². The monoisotopic (exact) mass is 340 g/mol. The summed E-state index contributed by atoms with van der Waals surface area (Å²) in [5.74, 6) is 0. The third kappa shape index (κ3) is 3.70. The molecule has 4 heteroatoms. The van der Waals surface area contributed by atoms with Crippen molar-refractivity contribution in [2.45, 2.75) is 44.9 Å². The number of hydrogen-bond donors (Lipinski definition) is 0. The topological polar surface area (TPSA) is 36.3 Å². The maximum absolute atomic E-state index is 9.50. The fourth-order valence-corrected chi connectivity index (χ4v) is 4.08. The lowest BCUT2D eigenvalue weighted by atomic mass is 9.83. The highest BCUT2D eigenvalue weighted by atomic mass is 32.1. The molecule has 3 rings (SSSR count). The zero-order valence-corrected chi connectivity index (χ0v) is 15.3. The maximum atomic E-state index is 9.50. The SMILES string of the molecule is C[C@H]1CN(Cc2ccccc2C(C)(C)C#N)C[C@H](c2ccsc2)O1. The Hall–Kier alpha value is -1.67. The van der Waals surface area contributed by atoms with Crippen LogP contribution in [0.5, 0.6) is 0 Å². The van der Waals surface area contributed by atoms with Crippen LogP contribution in [0.2, 0.25) is 0 Å². The predicted molar refractivity (Wildman–Crippen MR) is 98.0 cm³/mol. The van der Waals surface area contributed by atoms with Gasteiger partial charge in [0.25, 0.3) is 0 Å². The predicted octanol–water partition coefficient (Wildman–Crippen LogP) is 4.51. The van der Waals surface area contributed by atoms with Crippen LogP contribution in [0.25, 0.3) is 0 Å². The van der Waals surface area contributed by atoms with Gasteiger partial charge < -0.3 is 4.74 Å². The van der Waals surface area contributed by atoms with E-state index in [1.165, 1.54) is 11.1 Å². The largest absolute Gasteiger partial charge is 0.368 e. The quantitative estimate of drug-likeness (QED) is 0.821. The van der Waals surface area contributed by atoms with Crippen molar-refractivity contribution in [1.82, 2.24) is 4.90 Å². The molecule has 0 radical (unpaired) electrons. The molecule has 1 aliphatic heterocycles. The van der Waals surface area contributed by atoms with Crippen molar-refractivity contribution in [3.05, 3.63) is 57.8 Å². The van der Waals surface area contributed by atoms with Gasteiger partial charge in [-0.3, -0.25) is 4.90 Å². The Morgan fingerprint density at radius 2 is 2.08 bits per heavy atom. The van der Waals surface area contributed by atoms with Crippen molar-refractivity contribution in [3.8, 4) is 6.07 Å². The zero-order valence-electron chi connectivity index (χ0n) is 14.5. The minimum atomic E-state index is -0.471. The van der Waals surface area contributed by atoms with Crippen molar-refractivity contribution >= 4 is 11.3 Å². The summed E-state index contributed by atoms with van der Waals surface area (Å²) >= 11 is 1.71. The summed E-state index contributed by atoms with van der Waals surface area (Å²) in [6, 6.07) is 12.9. The molecule has 0 unspecified atom stereocenters. The first-order valence-electron chi connectivity index (χ1n) is 8.39. The number of hydrogen-bond acceptors (Lipinski definition) is 4. The molecule has 126 valence electrons. The van der Waals surface area contributed by atoms with Crippen molar-refractivity contribution in [3.63, 3.8) is 0 Å². The molecule has 3 nitrogen and oxygen atoms in total. The van der Waals surface area contributed by atoms with E-state index in [-0.39, 0.29) is 12.2 Å². The molecule has 0 N–H and O–H groups in total. The highest BCUT2D eigenvalue weighted by Gasteiger charge is 2.29. The first-order valence-corrected chi connectivity index (χ1v) is 9.33. The van der Waals surface area contributed by atoms with Crippen LogP contribution in [0.15, 0.2) is 41.1 Å². The van der Waals surface area contributed by atoms with Gasteiger partial charge in [0.05, 0.1) is 23.7 Å². The third-order valence-electron chi connectivity index (χ3n) is 4.62. The molecule has 1 aromatic heterocycles. The van der Waals surface area contributed by atoms with E-state index in [9.17, 15) is 5.26 Å². The molecule has 0 amide bonds. The first-order chi connectivity index (χ1) is 11.5. The number of morpholine rings is 1. The molecule has 0 aliphatic carbocycles. The molecule has 24 heavy (non-hydrogen) atoms. The standard InChI is InChI=1S/C20H24N2OS/c1-15-10-22(12-19(23-15)17-8-9-24-13-17)11-16-6-4-5-7-18(16)20(2,3)14-21/h4-9,13,15,19H,10-12H2,1-3H3/t15-,19+/m0/s1. The second kappa shape index (κ2) is 7.06. The van der Waals surface area contributed by atoms with Gasteiger partial charge >= 0.3 is 0 Å². The van der Waals surface area contributed by atoms with Gasteiger partial charge in [-0.2, -0.15) is 16.6 Å². The summed E-state index contributed by atoms with van der Waals surface area (Å²) in [7, 11) is 0. The number of ether oxygens (including phenoxy) is 1. The number of thiophene rings is 1. The Morgan fingerprint density at radius 1 is 1.29 bits per heavy atom. The summed E-state index contributed by atoms with van der Waals surface area (Å²) in [5, 5.41) is 13.8. The average Bonchev–Trinajstić information content (AvgIpc) is 3.09.